The SMILES string of the molecule is CC[P+](CC)(CC)CC.c1cn[nH]n1. The van der Waals surface area contributed by atoms with Crippen molar-refractivity contribution < 1.29 is 0 Å². The van der Waals surface area contributed by atoms with Gasteiger partial charge in [0.1, 0.15) is 0 Å². The van der Waals surface area contributed by atoms with E-state index >= 15 is 0 Å². The van der Waals surface area contributed by atoms with Crippen molar-refractivity contribution in [2.24, 2.45) is 0 Å². The Labute approximate surface area is 88.0 Å². The van der Waals surface area contributed by atoms with E-state index in [4.69, 9.17) is 0 Å². The van der Waals surface area contributed by atoms with Crippen LogP contribution in [0.4, 0.5) is 0 Å². The minimum atomic E-state index is -0.420. The monoisotopic (exact) mass is 216 g/mol. The fourth-order valence-electron chi connectivity index (χ4n) is 1.51. The summed E-state index contributed by atoms with van der Waals surface area (Å²) in [4.78, 5) is 0. The molecule has 14 heavy (non-hydrogen) atoms. The summed E-state index contributed by atoms with van der Waals surface area (Å²) in [6.07, 6.45) is 8.99. The molecule has 4 heteroatoms. The predicted octanol–water partition coefficient (Wildman–Crippen LogP) is 2.89. The number of aromatic amines is 1. The second kappa shape index (κ2) is 7.93. The van der Waals surface area contributed by atoms with Gasteiger partial charge >= 0.3 is 0 Å². The van der Waals surface area contributed by atoms with Crippen molar-refractivity contribution in [3.8, 4) is 0 Å². The molecule has 1 rings (SSSR count). The van der Waals surface area contributed by atoms with E-state index in [1.807, 2.05) is 0 Å². The van der Waals surface area contributed by atoms with Crippen LogP contribution in [0.25, 0.3) is 0 Å². The smallest absolute Gasteiger partial charge is 0.0690 e. The van der Waals surface area contributed by atoms with Gasteiger partial charge in [-0.25, -0.2) is 0 Å². The van der Waals surface area contributed by atoms with Gasteiger partial charge in [0.05, 0.1) is 37.0 Å². The molecule has 0 amide bonds. The number of nitrogens with one attached hydrogen (secondary N) is 1. The van der Waals surface area contributed by atoms with E-state index < -0.39 is 7.26 Å². The molecule has 1 aromatic heterocycles. The molecule has 0 saturated heterocycles. The number of H-pyrrole nitrogens is 1. The van der Waals surface area contributed by atoms with Gasteiger partial charge in [-0.05, 0) is 27.7 Å². The molecule has 0 unspecified atom stereocenters. The third kappa shape index (κ3) is 4.71. The van der Waals surface area contributed by atoms with Crippen molar-refractivity contribution in [2.45, 2.75) is 27.7 Å². The third-order valence-corrected chi connectivity index (χ3v) is 8.38. The Morgan fingerprint density at radius 2 is 1.21 bits per heavy atom. The lowest BCUT2D eigenvalue weighted by molar-refractivity contribution is 0.940. The van der Waals surface area contributed by atoms with E-state index in [2.05, 4.69) is 43.1 Å². The normalized spacial score (nSPS) is 10.6. The summed E-state index contributed by atoms with van der Waals surface area (Å²) < 4.78 is 0. The van der Waals surface area contributed by atoms with Gasteiger partial charge in [-0.3, -0.25) is 0 Å². The Balaban J connectivity index is 0.000000280. The first-order valence-electron chi connectivity index (χ1n) is 5.39. The van der Waals surface area contributed by atoms with Crippen LogP contribution in [0.3, 0.4) is 0 Å². The van der Waals surface area contributed by atoms with Crippen LogP contribution in [0.5, 0.6) is 0 Å². The Morgan fingerprint density at radius 1 is 0.857 bits per heavy atom. The zero-order chi connectivity index (χ0) is 10.9. The minimum Gasteiger partial charge on any atom is -0.198 e. The van der Waals surface area contributed by atoms with Crippen LogP contribution in [-0.2, 0) is 0 Å². The van der Waals surface area contributed by atoms with Gasteiger partial charge in [-0.2, -0.15) is 15.4 Å². The van der Waals surface area contributed by atoms with Gasteiger partial charge in [-0.1, -0.05) is 0 Å². The van der Waals surface area contributed by atoms with Gasteiger partial charge in [0.25, 0.3) is 0 Å². The highest BCUT2D eigenvalue weighted by atomic mass is 31.2. The van der Waals surface area contributed by atoms with E-state index in [9.17, 15) is 0 Å². The molecule has 0 saturated carbocycles. The quantitative estimate of drug-likeness (QED) is 0.786. The molecule has 1 N–H and O–H groups in total. The third-order valence-electron chi connectivity index (χ3n) is 3.01. The van der Waals surface area contributed by atoms with Gasteiger partial charge in [-0.15, -0.1) is 0 Å². The second-order valence-corrected chi connectivity index (χ2v) is 8.48. The number of rotatable bonds is 4. The topological polar surface area (TPSA) is 41.6 Å². The number of hydrogen-bond donors (Lipinski definition) is 1. The maximum absolute atomic E-state index is 3.49. The molecule has 82 valence electrons. The Kier molecular flexibility index (Phi) is 7.68. The number of aromatic nitrogens is 3. The summed E-state index contributed by atoms with van der Waals surface area (Å²) in [6, 6.07) is 0. The molecule has 0 aliphatic carbocycles. The Bertz CT molecular complexity index is 160. The molecular formula is C10H23N3P+. The molecule has 0 aliphatic heterocycles. The van der Waals surface area contributed by atoms with Crippen LogP contribution in [0, 0.1) is 0 Å². The standard InChI is InChI=1S/C8H20P.C2H3N3/c1-5-9(6-2,7-3)8-4;1-2-4-5-3-1/h5-8H2,1-4H3;1-2H,(H,3,4,5)/q+1;. The molecule has 0 fully saturated rings. The lowest BCUT2D eigenvalue weighted by Gasteiger charge is -2.20. The predicted molar refractivity (Wildman–Crippen MR) is 65.5 cm³/mol. The zero-order valence-electron chi connectivity index (χ0n) is 9.82. The van der Waals surface area contributed by atoms with Crippen LogP contribution in [0.15, 0.2) is 12.4 Å². The fourth-order valence-corrected chi connectivity index (χ4v) is 4.19. The largest absolute Gasteiger partial charge is 0.198 e. The molecule has 0 aliphatic rings. The van der Waals surface area contributed by atoms with Crippen molar-refractivity contribution in [3.05, 3.63) is 12.4 Å². The summed E-state index contributed by atoms with van der Waals surface area (Å²) in [6.45, 7) is 9.41. The molecule has 0 aromatic carbocycles. The molecule has 3 nitrogen and oxygen atoms in total. The van der Waals surface area contributed by atoms with Crippen molar-refractivity contribution in [1.82, 2.24) is 15.4 Å². The molecule has 0 atom stereocenters. The molecular weight excluding hydrogens is 193 g/mol. The molecule has 0 spiro atoms. The zero-order valence-corrected chi connectivity index (χ0v) is 10.7. The van der Waals surface area contributed by atoms with Crippen molar-refractivity contribution in [2.75, 3.05) is 24.6 Å². The first kappa shape index (κ1) is 13.6. The van der Waals surface area contributed by atoms with E-state index in [1.54, 1.807) is 12.4 Å². The average Bonchev–Trinajstić information content (AvgIpc) is 2.80. The average molecular weight is 216 g/mol. The van der Waals surface area contributed by atoms with E-state index in [1.165, 1.54) is 24.6 Å². The first-order valence-corrected chi connectivity index (χ1v) is 7.92. The molecule has 1 heterocycles. The van der Waals surface area contributed by atoms with Crippen LogP contribution < -0.4 is 0 Å². The number of nitrogens with zero attached hydrogens (tertiary/aromatic N) is 2. The molecule has 0 bridgehead atoms. The van der Waals surface area contributed by atoms with E-state index in [-0.39, 0.29) is 0 Å². The van der Waals surface area contributed by atoms with Gasteiger partial charge in [0, 0.05) is 7.26 Å². The second-order valence-electron chi connectivity index (χ2n) is 3.26. The van der Waals surface area contributed by atoms with Crippen molar-refractivity contribution in [1.29, 1.82) is 0 Å². The van der Waals surface area contributed by atoms with Gasteiger partial charge in [0.15, 0.2) is 0 Å². The number of hydrogen-bond acceptors (Lipinski definition) is 2. The summed E-state index contributed by atoms with van der Waals surface area (Å²) in [7, 11) is -0.420. The van der Waals surface area contributed by atoms with Gasteiger partial charge in [0.2, 0.25) is 0 Å². The van der Waals surface area contributed by atoms with Crippen molar-refractivity contribution in [3.63, 3.8) is 0 Å². The highest BCUT2D eigenvalue weighted by molar-refractivity contribution is 7.75. The lowest BCUT2D eigenvalue weighted by atomic mass is 10.9. The maximum atomic E-state index is 3.49. The first-order chi connectivity index (χ1) is 6.74. The Morgan fingerprint density at radius 3 is 1.29 bits per heavy atom. The van der Waals surface area contributed by atoms with E-state index in [0.29, 0.717) is 0 Å². The Hall–Kier alpha value is -0.430. The van der Waals surface area contributed by atoms with Gasteiger partial charge < -0.3 is 0 Å². The van der Waals surface area contributed by atoms with Crippen molar-refractivity contribution >= 4 is 7.26 Å². The molecule has 1 aromatic rings. The van der Waals surface area contributed by atoms with E-state index in [0.717, 1.165) is 0 Å². The molecule has 0 radical (unpaired) electrons. The lowest BCUT2D eigenvalue weighted by Crippen LogP contribution is -2.04. The van der Waals surface area contributed by atoms with Crippen LogP contribution >= 0.6 is 7.26 Å². The highest BCUT2D eigenvalue weighted by Crippen LogP contribution is 2.57. The van der Waals surface area contributed by atoms with Crippen LogP contribution in [-0.4, -0.2) is 40.1 Å². The maximum Gasteiger partial charge on any atom is 0.0690 e. The summed E-state index contributed by atoms with van der Waals surface area (Å²) in [5.41, 5.74) is 0. The fraction of sp³-hybridized carbons (Fsp3) is 0.800. The summed E-state index contributed by atoms with van der Waals surface area (Å²) >= 11 is 0. The van der Waals surface area contributed by atoms with Crippen LogP contribution in [0.1, 0.15) is 27.7 Å². The summed E-state index contributed by atoms with van der Waals surface area (Å²) in [5.74, 6) is 0. The highest BCUT2D eigenvalue weighted by Gasteiger charge is 2.27. The van der Waals surface area contributed by atoms with Crippen LogP contribution in [0.2, 0.25) is 0 Å². The minimum absolute atomic E-state index is 0.420. The summed E-state index contributed by atoms with van der Waals surface area (Å²) in [5, 5.41) is 9.33.